The molecular formula is C20H33N7O6S2. The summed E-state index contributed by atoms with van der Waals surface area (Å²) in [5.74, 6) is -3.00. The molecule has 1 aromatic rings. The first-order valence-electron chi connectivity index (χ1n) is 10.7. The number of carboxylic acid groups (broad SMARTS) is 1. The van der Waals surface area contributed by atoms with Gasteiger partial charge >= 0.3 is 5.97 Å². The van der Waals surface area contributed by atoms with E-state index in [-0.39, 0.29) is 25.7 Å². The largest absolute Gasteiger partial charge is 0.480 e. The van der Waals surface area contributed by atoms with E-state index in [9.17, 15) is 29.1 Å². The van der Waals surface area contributed by atoms with Gasteiger partial charge in [-0.15, -0.1) is 0 Å². The van der Waals surface area contributed by atoms with Crippen LogP contribution in [0.3, 0.4) is 0 Å². The number of carboxylic acids is 1. The molecule has 35 heavy (non-hydrogen) atoms. The topological polar surface area (TPSA) is 222 Å². The second kappa shape index (κ2) is 16.0. The number of hydrogen-bond acceptors (Lipinski definition) is 9. The molecule has 0 aliphatic rings. The van der Waals surface area contributed by atoms with Crippen molar-refractivity contribution in [2.45, 2.75) is 49.9 Å². The maximum Gasteiger partial charge on any atom is 0.326 e. The van der Waals surface area contributed by atoms with Crippen LogP contribution in [0.2, 0.25) is 0 Å². The summed E-state index contributed by atoms with van der Waals surface area (Å²) in [5.41, 5.74) is 11.3. The van der Waals surface area contributed by atoms with E-state index in [4.69, 9.17) is 11.5 Å². The zero-order valence-corrected chi connectivity index (χ0v) is 21.2. The number of rotatable bonds is 17. The van der Waals surface area contributed by atoms with Gasteiger partial charge in [0.2, 0.25) is 23.6 Å². The van der Waals surface area contributed by atoms with Crippen molar-refractivity contribution in [3.63, 3.8) is 0 Å². The van der Waals surface area contributed by atoms with Crippen LogP contribution in [0, 0.1) is 0 Å². The number of amides is 4. The Morgan fingerprint density at radius 2 is 1.51 bits per heavy atom. The molecule has 0 spiro atoms. The minimum Gasteiger partial charge on any atom is -0.480 e. The van der Waals surface area contributed by atoms with Gasteiger partial charge in [-0.2, -0.15) is 23.5 Å². The Labute approximate surface area is 211 Å². The molecule has 9 N–H and O–H groups in total. The average Bonchev–Trinajstić information content (AvgIpc) is 3.30. The van der Waals surface area contributed by atoms with Gasteiger partial charge in [0.25, 0.3) is 0 Å². The number of imidazole rings is 1. The van der Waals surface area contributed by atoms with E-state index >= 15 is 0 Å². The molecule has 13 nitrogen and oxygen atoms in total. The molecule has 1 aromatic heterocycles. The summed E-state index contributed by atoms with van der Waals surface area (Å²) in [4.78, 5) is 67.8. The second-order valence-electron chi connectivity index (χ2n) is 7.64. The molecule has 4 amide bonds. The van der Waals surface area contributed by atoms with Crippen molar-refractivity contribution in [1.82, 2.24) is 25.9 Å². The molecule has 1 heterocycles. The predicted octanol–water partition coefficient (Wildman–Crippen LogP) is -1.80. The highest BCUT2D eigenvalue weighted by atomic mass is 32.2. The number of carbonyl (C=O) groups is 5. The molecule has 15 heteroatoms. The van der Waals surface area contributed by atoms with Gasteiger partial charge in [-0.05, 0) is 36.9 Å². The quantitative estimate of drug-likeness (QED) is 0.119. The number of aromatic nitrogens is 2. The van der Waals surface area contributed by atoms with E-state index in [1.165, 1.54) is 36.0 Å². The summed E-state index contributed by atoms with van der Waals surface area (Å²) < 4.78 is 0. The lowest BCUT2D eigenvalue weighted by atomic mass is 10.1. The van der Waals surface area contributed by atoms with Crippen molar-refractivity contribution < 1.29 is 29.1 Å². The summed E-state index contributed by atoms with van der Waals surface area (Å²) in [6.07, 6.45) is 6.59. The van der Waals surface area contributed by atoms with Crippen LogP contribution in [0.25, 0.3) is 0 Å². The fraction of sp³-hybridized carbons (Fsp3) is 0.600. The van der Waals surface area contributed by atoms with Crippen molar-refractivity contribution >= 4 is 53.1 Å². The van der Waals surface area contributed by atoms with Crippen molar-refractivity contribution in [2.24, 2.45) is 11.5 Å². The molecule has 4 atom stereocenters. The smallest absolute Gasteiger partial charge is 0.326 e. The number of hydrogen-bond donors (Lipinski definition) is 7. The van der Waals surface area contributed by atoms with E-state index in [2.05, 4.69) is 25.9 Å². The average molecular weight is 532 g/mol. The van der Waals surface area contributed by atoms with E-state index < -0.39 is 53.8 Å². The molecule has 1 rings (SSSR count). The van der Waals surface area contributed by atoms with Crippen molar-refractivity contribution in [3.05, 3.63) is 18.2 Å². The number of thioether (sulfide) groups is 2. The highest BCUT2D eigenvalue weighted by molar-refractivity contribution is 7.98. The lowest BCUT2D eigenvalue weighted by Gasteiger charge is -2.25. The van der Waals surface area contributed by atoms with E-state index in [0.29, 0.717) is 17.2 Å². The molecule has 0 aliphatic heterocycles. The molecule has 0 radical (unpaired) electrons. The highest BCUT2D eigenvalue weighted by Crippen LogP contribution is 2.07. The summed E-state index contributed by atoms with van der Waals surface area (Å²) in [5, 5.41) is 17.0. The Bertz CT molecular complexity index is 855. The van der Waals surface area contributed by atoms with Crippen LogP contribution in [0.1, 0.15) is 25.0 Å². The molecule has 0 saturated heterocycles. The van der Waals surface area contributed by atoms with Gasteiger partial charge in [0.15, 0.2) is 0 Å². The number of primary amides is 1. The zero-order chi connectivity index (χ0) is 26.4. The van der Waals surface area contributed by atoms with Crippen LogP contribution >= 0.6 is 23.5 Å². The maximum absolute atomic E-state index is 13.1. The number of aliphatic carboxylic acids is 1. The molecule has 0 saturated carbocycles. The van der Waals surface area contributed by atoms with Crippen LogP contribution in [0.4, 0.5) is 0 Å². The molecule has 196 valence electrons. The van der Waals surface area contributed by atoms with Crippen molar-refractivity contribution in [2.75, 3.05) is 24.0 Å². The molecule has 0 fully saturated rings. The zero-order valence-electron chi connectivity index (χ0n) is 19.6. The van der Waals surface area contributed by atoms with Crippen LogP contribution in [-0.2, 0) is 30.4 Å². The lowest BCUT2D eigenvalue weighted by Crippen LogP contribution is -2.58. The monoisotopic (exact) mass is 531 g/mol. The minimum absolute atomic E-state index is 0.0107. The molecule has 4 unspecified atom stereocenters. The number of nitrogens with two attached hydrogens (primary N) is 2. The van der Waals surface area contributed by atoms with Crippen LogP contribution in [0.5, 0.6) is 0 Å². The van der Waals surface area contributed by atoms with Gasteiger partial charge in [-0.3, -0.25) is 19.2 Å². The Kier molecular flexibility index (Phi) is 13.8. The van der Waals surface area contributed by atoms with Crippen LogP contribution in [-0.4, -0.2) is 92.9 Å². The second-order valence-corrected chi connectivity index (χ2v) is 9.61. The highest BCUT2D eigenvalue weighted by Gasteiger charge is 2.30. The number of H-pyrrole nitrogens is 1. The van der Waals surface area contributed by atoms with Gasteiger partial charge in [0, 0.05) is 18.3 Å². The third kappa shape index (κ3) is 11.5. The summed E-state index contributed by atoms with van der Waals surface area (Å²) in [6.45, 7) is 0. The van der Waals surface area contributed by atoms with Gasteiger partial charge in [0.1, 0.15) is 18.1 Å². The summed E-state index contributed by atoms with van der Waals surface area (Å²) in [6, 6.07) is -4.55. The molecular weight excluding hydrogens is 498 g/mol. The summed E-state index contributed by atoms with van der Waals surface area (Å²) >= 11 is 2.89. The maximum atomic E-state index is 13.1. The first-order chi connectivity index (χ1) is 16.6. The first kappa shape index (κ1) is 30.3. The molecule has 0 aliphatic carbocycles. The number of aromatic amines is 1. The van der Waals surface area contributed by atoms with Crippen LogP contribution in [0.15, 0.2) is 12.5 Å². The SMILES string of the molecule is CSCCC(NC(=O)C(Cc1cnc[nH]1)NC(=O)C(CCSC)NC(=O)C(N)CC(N)=O)C(=O)O. The fourth-order valence-electron chi connectivity index (χ4n) is 2.96. The summed E-state index contributed by atoms with van der Waals surface area (Å²) in [7, 11) is 0. The number of nitrogens with one attached hydrogen (secondary N) is 4. The third-order valence-electron chi connectivity index (χ3n) is 4.84. The number of carbonyl (C=O) groups excluding carboxylic acids is 4. The Balaban J connectivity index is 3.02. The Morgan fingerprint density at radius 1 is 0.971 bits per heavy atom. The van der Waals surface area contributed by atoms with Crippen molar-refractivity contribution in [1.29, 1.82) is 0 Å². The minimum atomic E-state index is -1.23. The van der Waals surface area contributed by atoms with Gasteiger partial charge < -0.3 is 37.5 Å². The fourth-order valence-corrected chi connectivity index (χ4v) is 3.90. The van der Waals surface area contributed by atoms with Gasteiger partial charge in [-0.25, -0.2) is 9.78 Å². The van der Waals surface area contributed by atoms with E-state index in [1.54, 1.807) is 0 Å². The van der Waals surface area contributed by atoms with Crippen molar-refractivity contribution in [3.8, 4) is 0 Å². The normalized spacial score (nSPS) is 14.3. The predicted molar refractivity (Wildman–Crippen MR) is 134 cm³/mol. The first-order valence-corrected chi connectivity index (χ1v) is 13.5. The van der Waals surface area contributed by atoms with E-state index in [0.717, 1.165) is 0 Å². The van der Waals surface area contributed by atoms with Gasteiger partial charge in [-0.1, -0.05) is 0 Å². The Morgan fingerprint density at radius 3 is 2.03 bits per heavy atom. The molecule has 0 aromatic carbocycles. The lowest BCUT2D eigenvalue weighted by molar-refractivity contribution is -0.142. The third-order valence-corrected chi connectivity index (χ3v) is 6.13. The number of nitrogens with zero attached hydrogens (tertiary/aromatic N) is 1. The standard InChI is InChI=1S/C20H33N7O6S2/c1-34-5-3-13(25-17(29)12(21)8-16(22)28)18(30)27-15(7-11-9-23-10-24-11)19(31)26-14(20(32)33)4-6-35-2/h9-10,12-15H,3-8,21H2,1-2H3,(H2,22,28)(H,23,24)(H,25,29)(H,26,31)(H,27,30)(H,32,33). The Hall–Kier alpha value is -2.78. The van der Waals surface area contributed by atoms with Crippen LogP contribution < -0.4 is 27.4 Å². The van der Waals surface area contributed by atoms with E-state index in [1.807, 2.05) is 12.5 Å². The molecule has 0 bridgehead atoms. The van der Waals surface area contributed by atoms with Gasteiger partial charge in [0.05, 0.1) is 18.8 Å².